The van der Waals surface area contributed by atoms with E-state index in [2.05, 4.69) is 30.0 Å². The number of aryl methyl sites for hydroxylation is 2. The molecule has 0 atom stereocenters. The summed E-state index contributed by atoms with van der Waals surface area (Å²) in [5.41, 5.74) is 3.98. The van der Waals surface area contributed by atoms with Gasteiger partial charge in [0.1, 0.15) is 22.5 Å². The molecule has 1 fully saturated rings. The summed E-state index contributed by atoms with van der Waals surface area (Å²) in [6.07, 6.45) is 6.24. The quantitative estimate of drug-likeness (QED) is 0.279. The molecule has 192 valence electrons. The fourth-order valence-corrected chi connectivity index (χ4v) is 5.94. The van der Waals surface area contributed by atoms with Crippen LogP contribution in [0.5, 0.6) is 0 Å². The number of halogens is 2. The second-order valence-electron chi connectivity index (χ2n) is 9.53. The van der Waals surface area contributed by atoms with Crippen molar-refractivity contribution in [3.05, 3.63) is 52.4 Å². The molecule has 6 nitrogen and oxygen atoms in total. The van der Waals surface area contributed by atoms with Crippen molar-refractivity contribution in [2.45, 2.75) is 52.5 Å². The van der Waals surface area contributed by atoms with Gasteiger partial charge in [0.25, 0.3) is 0 Å². The number of benzene rings is 2. The molecule has 5 rings (SSSR count). The average Bonchev–Trinajstić information content (AvgIpc) is 3.47. The zero-order valence-electron chi connectivity index (χ0n) is 21.4. The fourth-order valence-electron chi connectivity index (χ4n) is 5.09. The summed E-state index contributed by atoms with van der Waals surface area (Å²) >= 11 is 1.23. The molecule has 0 aliphatic carbocycles. The van der Waals surface area contributed by atoms with Crippen molar-refractivity contribution >= 4 is 38.9 Å². The first kappa shape index (κ1) is 25.2. The maximum absolute atomic E-state index is 13.9. The van der Waals surface area contributed by atoms with Crippen LogP contribution in [0.1, 0.15) is 49.5 Å². The van der Waals surface area contributed by atoms with E-state index in [9.17, 15) is 14.0 Å². The third kappa shape index (κ3) is 4.78. The third-order valence-corrected chi connectivity index (χ3v) is 8.06. The highest BCUT2D eigenvalue weighted by atomic mass is 32.1. The van der Waals surface area contributed by atoms with Gasteiger partial charge in [-0.1, -0.05) is 30.6 Å². The molecule has 0 N–H and O–H groups in total. The second-order valence-corrected chi connectivity index (χ2v) is 10.5. The van der Waals surface area contributed by atoms with Crippen LogP contribution in [-0.4, -0.2) is 34.9 Å². The second kappa shape index (κ2) is 10.5. The van der Waals surface area contributed by atoms with Crippen LogP contribution in [0, 0.1) is 29.9 Å². The number of aromatic nitrogens is 3. The van der Waals surface area contributed by atoms with Gasteiger partial charge in [-0.25, -0.2) is 18.4 Å². The van der Waals surface area contributed by atoms with E-state index in [0.29, 0.717) is 27.8 Å². The summed E-state index contributed by atoms with van der Waals surface area (Å²) in [6.45, 7) is 6.92. The van der Waals surface area contributed by atoms with Gasteiger partial charge in [0.2, 0.25) is 0 Å². The first-order valence-electron chi connectivity index (χ1n) is 12.8. The predicted octanol–water partition coefficient (Wildman–Crippen LogP) is 7.18. The van der Waals surface area contributed by atoms with E-state index >= 15 is 0 Å². The third-order valence-electron chi connectivity index (χ3n) is 7.03. The summed E-state index contributed by atoms with van der Waals surface area (Å²) in [6, 6.07) is 10.2. The summed E-state index contributed by atoms with van der Waals surface area (Å²) in [4.78, 5) is 9.48. The first-order valence-corrected chi connectivity index (χ1v) is 13.6. The van der Waals surface area contributed by atoms with Gasteiger partial charge in [0.15, 0.2) is 16.8 Å². The number of fused-ring (bicyclic) bond motifs is 1. The molecule has 0 saturated carbocycles. The highest BCUT2D eigenvalue weighted by Crippen LogP contribution is 2.40. The first-order chi connectivity index (χ1) is 17.9. The number of hydrogen-bond donors (Lipinski definition) is 0. The summed E-state index contributed by atoms with van der Waals surface area (Å²) in [5.74, 6) is -1.00. The Morgan fingerprint density at radius 2 is 1.78 bits per heavy atom. The van der Waals surface area contributed by atoms with Crippen LogP contribution in [0.25, 0.3) is 22.2 Å². The molecule has 1 aliphatic rings. The lowest BCUT2D eigenvalue weighted by Gasteiger charge is -2.27. The zero-order chi connectivity index (χ0) is 26.1. The summed E-state index contributed by atoms with van der Waals surface area (Å²) in [7, 11) is 1.91. The van der Waals surface area contributed by atoms with Gasteiger partial charge in [-0.2, -0.15) is 10.4 Å². The minimum absolute atomic E-state index is 0.345. The van der Waals surface area contributed by atoms with Gasteiger partial charge in [0.05, 0.1) is 5.52 Å². The molecular formula is C28H30F2N6S. The highest BCUT2D eigenvalue weighted by Gasteiger charge is 2.24. The molecule has 37 heavy (non-hydrogen) atoms. The number of hydrogen-bond acceptors (Lipinski definition) is 6. The van der Waals surface area contributed by atoms with Crippen molar-refractivity contribution < 1.29 is 8.78 Å². The maximum atomic E-state index is 13.9. The Morgan fingerprint density at radius 3 is 2.46 bits per heavy atom. The van der Waals surface area contributed by atoms with E-state index in [1.54, 1.807) is 0 Å². The van der Waals surface area contributed by atoms with Gasteiger partial charge in [-0.15, -0.1) is 0 Å². The van der Waals surface area contributed by atoms with E-state index in [1.165, 1.54) is 55.2 Å². The standard InChI is InChI=1S/C28H30F2N6S/c1-4-36-27(21-16-20(14-18(2)25(21)33-36)35-12-8-6-5-7-9-13-35)34(3)28-32-26(24(17-31)37-28)19-10-11-22(29)23(30)15-19/h10-11,14-16H,4-9,12-13H2,1-3H3. The van der Waals surface area contributed by atoms with Gasteiger partial charge in [-0.05, 0) is 62.6 Å². The molecule has 2 aromatic carbocycles. The van der Waals surface area contributed by atoms with Gasteiger partial charge in [-0.3, -0.25) is 0 Å². The minimum atomic E-state index is -0.966. The Labute approximate surface area is 219 Å². The molecule has 2 aromatic heterocycles. The molecule has 0 bridgehead atoms. The molecule has 4 aromatic rings. The van der Waals surface area contributed by atoms with Crippen molar-refractivity contribution in [2.75, 3.05) is 29.9 Å². The van der Waals surface area contributed by atoms with Crippen LogP contribution in [0.15, 0.2) is 30.3 Å². The SMILES string of the molecule is CCn1nc2c(C)cc(N3CCCCCCC3)cc2c1N(C)c1nc(-c2ccc(F)c(F)c2)c(C#N)s1. The van der Waals surface area contributed by atoms with Crippen LogP contribution in [0.4, 0.5) is 25.4 Å². The molecule has 0 unspecified atom stereocenters. The van der Waals surface area contributed by atoms with Crippen molar-refractivity contribution in [1.82, 2.24) is 14.8 Å². The van der Waals surface area contributed by atoms with Gasteiger partial charge in [0, 0.05) is 43.3 Å². The van der Waals surface area contributed by atoms with E-state index in [1.807, 2.05) is 23.6 Å². The number of nitrogens with zero attached hydrogens (tertiary/aromatic N) is 6. The lowest BCUT2D eigenvalue weighted by Crippen LogP contribution is -2.27. The normalized spacial score (nSPS) is 14.4. The van der Waals surface area contributed by atoms with Crippen LogP contribution in [0.3, 0.4) is 0 Å². The Kier molecular flexibility index (Phi) is 7.11. The Morgan fingerprint density at radius 1 is 1.05 bits per heavy atom. The molecule has 0 spiro atoms. The van der Waals surface area contributed by atoms with E-state index in [0.717, 1.165) is 47.5 Å². The van der Waals surface area contributed by atoms with Crippen LogP contribution >= 0.6 is 11.3 Å². The lowest BCUT2D eigenvalue weighted by molar-refractivity contribution is 0.509. The van der Waals surface area contributed by atoms with Crippen LogP contribution < -0.4 is 9.80 Å². The molecule has 0 radical (unpaired) electrons. The highest BCUT2D eigenvalue weighted by molar-refractivity contribution is 7.16. The molecule has 1 saturated heterocycles. The average molecular weight is 521 g/mol. The number of thiazole rings is 1. The molecule has 0 amide bonds. The lowest BCUT2D eigenvalue weighted by atomic mass is 10.1. The van der Waals surface area contributed by atoms with E-state index in [-0.39, 0.29) is 0 Å². The van der Waals surface area contributed by atoms with Crippen LogP contribution in [-0.2, 0) is 6.54 Å². The Hall–Kier alpha value is -3.51. The topological polar surface area (TPSA) is 61.0 Å². The molecule has 3 heterocycles. The Balaban J connectivity index is 1.59. The van der Waals surface area contributed by atoms with Crippen molar-refractivity contribution in [2.24, 2.45) is 0 Å². The number of rotatable bonds is 5. The van der Waals surface area contributed by atoms with Gasteiger partial charge < -0.3 is 9.80 Å². The van der Waals surface area contributed by atoms with Crippen molar-refractivity contribution in [3.8, 4) is 17.3 Å². The Bertz CT molecular complexity index is 1480. The summed E-state index contributed by atoms with van der Waals surface area (Å²) < 4.78 is 29.4. The largest absolute Gasteiger partial charge is 0.372 e. The smallest absolute Gasteiger partial charge is 0.192 e. The maximum Gasteiger partial charge on any atom is 0.192 e. The zero-order valence-corrected chi connectivity index (χ0v) is 22.2. The monoisotopic (exact) mass is 520 g/mol. The van der Waals surface area contributed by atoms with Gasteiger partial charge >= 0.3 is 0 Å². The van der Waals surface area contributed by atoms with Crippen molar-refractivity contribution in [1.29, 1.82) is 5.26 Å². The van der Waals surface area contributed by atoms with Crippen LogP contribution in [0.2, 0.25) is 0 Å². The fraction of sp³-hybridized carbons (Fsp3) is 0.393. The molecule has 9 heteroatoms. The predicted molar refractivity (Wildman–Crippen MR) is 146 cm³/mol. The summed E-state index contributed by atoms with van der Waals surface area (Å²) in [5, 5.41) is 16.3. The van der Waals surface area contributed by atoms with E-state index in [4.69, 9.17) is 10.1 Å². The number of nitriles is 1. The number of anilines is 3. The van der Waals surface area contributed by atoms with Crippen molar-refractivity contribution in [3.63, 3.8) is 0 Å². The minimum Gasteiger partial charge on any atom is -0.372 e. The molecular weight excluding hydrogens is 490 g/mol. The van der Waals surface area contributed by atoms with E-state index < -0.39 is 11.6 Å². The molecule has 1 aliphatic heterocycles.